The van der Waals surface area contributed by atoms with Crippen LogP contribution in [0.2, 0.25) is 0 Å². The third-order valence-corrected chi connectivity index (χ3v) is 7.62. The summed E-state index contributed by atoms with van der Waals surface area (Å²) in [6, 6.07) is 7.82. The summed E-state index contributed by atoms with van der Waals surface area (Å²) in [7, 11) is 0. The lowest BCUT2D eigenvalue weighted by atomic mass is 9.87. The number of imidazole rings is 2. The van der Waals surface area contributed by atoms with Gasteiger partial charge in [-0.2, -0.15) is 0 Å². The van der Waals surface area contributed by atoms with Gasteiger partial charge in [-0.1, -0.05) is 26.8 Å². The van der Waals surface area contributed by atoms with Crippen molar-refractivity contribution in [1.82, 2.24) is 29.4 Å². The summed E-state index contributed by atoms with van der Waals surface area (Å²) in [4.78, 5) is 31.6. The van der Waals surface area contributed by atoms with E-state index in [2.05, 4.69) is 47.9 Å². The van der Waals surface area contributed by atoms with Crippen LogP contribution < -0.4 is 5.73 Å². The quantitative estimate of drug-likeness (QED) is 0.261. The first-order chi connectivity index (χ1) is 18.9. The lowest BCUT2D eigenvalue weighted by Crippen LogP contribution is -2.45. The molecule has 5 rings (SSSR count). The zero-order valence-corrected chi connectivity index (χ0v) is 23.7. The first-order valence-electron chi connectivity index (χ1n) is 13.8. The van der Waals surface area contributed by atoms with Gasteiger partial charge in [-0.05, 0) is 49.4 Å². The van der Waals surface area contributed by atoms with Gasteiger partial charge in [0.2, 0.25) is 5.91 Å². The molecule has 4 atom stereocenters. The van der Waals surface area contributed by atoms with Crippen molar-refractivity contribution < 1.29 is 19.7 Å². The first-order valence-corrected chi connectivity index (χ1v) is 13.8. The van der Waals surface area contributed by atoms with Crippen molar-refractivity contribution in [3.63, 3.8) is 0 Å². The molecule has 1 aromatic carbocycles. The topological polar surface area (TPSA) is 155 Å². The van der Waals surface area contributed by atoms with Crippen molar-refractivity contribution >= 4 is 33.8 Å². The van der Waals surface area contributed by atoms with E-state index in [-0.39, 0.29) is 23.9 Å². The van der Waals surface area contributed by atoms with Gasteiger partial charge in [-0.25, -0.2) is 15.0 Å². The third-order valence-electron chi connectivity index (χ3n) is 7.62. The molecule has 214 valence electrons. The van der Waals surface area contributed by atoms with E-state index < -0.39 is 24.5 Å². The molecule has 1 saturated heterocycles. The summed E-state index contributed by atoms with van der Waals surface area (Å²) in [5.41, 5.74) is 10.6. The van der Waals surface area contributed by atoms with Crippen LogP contribution >= 0.6 is 0 Å². The van der Waals surface area contributed by atoms with E-state index in [9.17, 15) is 15.0 Å². The van der Waals surface area contributed by atoms with E-state index in [1.807, 2.05) is 19.9 Å². The molecule has 0 aliphatic carbocycles. The number of ether oxygens (including phenoxy) is 1. The van der Waals surface area contributed by atoms with Crippen LogP contribution in [0.1, 0.15) is 65.1 Å². The van der Waals surface area contributed by atoms with Gasteiger partial charge in [-0.3, -0.25) is 9.36 Å². The number of nitrogen functional groups attached to an aromatic ring is 1. The van der Waals surface area contributed by atoms with Crippen LogP contribution in [0.25, 0.3) is 22.2 Å². The van der Waals surface area contributed by atoms with Gasteiger partial charge < -0.3 is 30.6 Å². The highest BCUT2D eigenvalue weighted by atomic mass is 16.6. The van der Waals surface area contributed by atoms with Crippen molar-refractivity contribution in [2.24, 2.45) is 0 Å². The van der Waals surface area contributed by atoms with Gasteiger partial charge in [0.25, 0.3) is 0 Å². The minimum absolute atomic E-state index is 0.0441. The molecule has 4 heterocycles. The number of benzene rings is 1. The molecule has 0 bridgehead atoms. The molecule has 11 nitrogen and oxygen atoms in total. The third kappa shape index (κ3) is 5.41. The maximum atomic E-state index is 13.3. The molecule has 5 N–H and O–H groups in total. The maximum Gasteiger partial charge on any atom is 0.222 e. The summed E-state index contributed by atoms with van der Waals surface area (Å²) in [5, 5.41) is 21.6. The van der Waals surface area contributed by atoms with Gasteiger partial charge in [-0.15, -0.1) is 0 Å². The van der Waals surface area contributed by atoms with Crippen LogP contribution in [0, 0.1) is 0 Å². The maximum absolute atomic E-state index is 13.3. The number of aromatic amines is 1. The second-order valence-electron chi connectivity index (χ2n) is 11.9. The van der Waals surface area contributed by atoms with E-state index in [0.717, 1.165) is 16.9 Å². The monoisotopic (exact) mass is 549 g/mol. The standard InChI is InChI=1S/C29H39N7O4/c1-16(2)35(23(37)8-6-7-22-33-19-10-9-17(29(3,4)5)13-20(19)34-22)14-21-25(38)26(39)28(40-21)36-15-32-24-18(30)11-12-31-27(24)36/h9-13,15-16,21,25-26,28,38-39H,6-8,14H2,1-5H3,(H2,30,31)(H,33,34)/t21-,25-,26-,28-/m1/s1. The van der Waals surface area contributed by atoms with Gasteiger partial charge in [0.05, 0.1) is 23.0 Å². The van der Waals surface area contributed by atoms with Gasteiger partial charge in [0.1, 0.15) is 29.7 Å². The second kappa shape index (κ2) is 10.8. The number of nitrogens with one attached hydrogen (secondary N) is 1. The number of hydrogen-bond acceptors (Lipinski definition) is 8. The lowest BCUT2D eigenvalue weighted by molar-refractivity contribution is -0.136. The van der Waals surface area contributed by atoms with E-state index in [1.54, 1.807) is 21.7 Å². The fourth-order valence-corrected chi connectivity index (χ4v) is 5.24. The number of aliphatic hydroxyl groups excluding tert-OH is 2. The van der Waals surface area contributed by atoms with Crippen LogP contribution in [0.5, 0.6) is 0 Å². The van der Waals surface area contributed by atoms with E-state index >= 15 is 0 Å². The summed E-state index contributed by atoms with van der Waals surface area (Å²) in [5.74, 6) is 0.810. The molecule has 40 heavy (non-hydrogen) atoms. The molecule has 4 aromatic rings. The Morgan fingerprint density at radius 1 is 1.20 bits per heavy atom. The highest BCUT2D eigenvalue weighted by Crippen LogP contribution is 2.33. The molecule has 0 unspecified atom stereocenters. The minimum Gasteiger partial charge on any atom is -0.397 e. The average Bonchev–Trinajstić information content (AvgIpc) is 3.58. The number of nitrogens with zero attached hydrogens (tertiary/aromatic N) is 5. The normalized spacial score (nSPS) is 21.6. The Hall–Kier alpha value is -3.54. The number of H-pyrrole nitrogens is 1. The number of amides is 1. The molecule has 0 saturated carbocycles. The summed E-state index contributed by atoms with van der Waals surface area (Å²) >= 11 is 0. The number of aryl methyl sites for hydroxylation is 1. The molecular formula is C29H39N7O4. The largest absolute Gasteiger partial charge is 0.397 e. The summed E-state index contributed by atoms with van der Waals surface area (Å²) in [6.07, 6.45) is 0.543. The zero-order valence-electron chi connectivity index (χ0n) is 23.7. The summed E-state index contributed by atoms with van der Waals surface area (Å²) in [6.45, 7) is 10.5. The molecule has 1 aliphatic rings. The number of carbonyl (C=O) groups is 1. The van der Waals surface area contributed by atoms with Gasteiger partial charge in [0, 0.05) is 31.6 Å². The molecule has 3 aromatic heterocycles. The van der Waals surface area contributed by atoms with Crippen LogP contribution in [0.3, 0.4) is 0 Å². The zero-order chi connectivity index (χ0) is 28.8. The van der Waals surface area contributed by atoms with Crippen LogP contribution in [0.4, 0.5) is 5.69 Å². The van der Waals surface area contributed by atoms with E-state index in [1.165, 1.54) is 11.9 Å². The summed E-state index contributed by atoms with van der Waals surface area (Å²) < 4.78 is 7.65. The molecule has 1 aliphatic heterocycles. The number of anilines is 1. The first kappa shape index (κ1) is 28.0. The Labute approximate surface area is 233 Å². The molecular weight excluding hydrogens is 510 g/mol. The lowest BCUT2D eigenvalue weighted by Gasteiger charge is -2.30. The Morgan fingerprint density at radius 3 is 2.70 bits per heavy atom. The minimum atomic E-state index is -1.22. The predicted octanol–water partition coefficient (Wildman–Crippen LogP) is 3.07. The Morgan fingerprint density at radius 2 is 1.98 bits per heavy atom. The molecule has 1 fully saturated rings. The Kier molecular flexibility index (Phi) is 7.56. The molecule has 11 heteroatoms. The smallest absolute Gasteiger partial charge is 0.222 e. The average molecular weight is 550 g/mol. The van der Waals surface area contributed by atoms with Crippen LogP contribution in [0.15, 0.2) is 36.8 Å². The number of pyridine rings is 1. The SMILES string of the molecule is CC(C)N(C[C@H]1O[C@@H](n2cnc3c(N)ccnc32)[C@H](O)[C@@H]1O)C(=O)CCCc1nc2ccc(C(C)(C)C)cc2[nH]1. The van der Waals surface area contributed by atoms with Crippen LogP contribution in [-0.2, 0) is 21.4 Å². The molecule has 0 radical (unpaired) electrons. The highest BCUT2D eigenvalue weighted by Gasteiger charge is 2.45. The highest BCUT2D eigenvalue weighted by molar-refractivity contribution is 5.83. The van der Waals surface area contributed by atoms with Gasteiger partial charge in [0.15, 0.2) is 11.9 Å². The fourth-order valence-electron chi connectivity index (χ4n) is 5.24. The van der Waals surface area contributed by atoms with Crippen molar-refractivity contribution in [2.75, 3.05) is 12.3 Å². The predicted molar refractivity (Wildman–Crippen MR) is 152 cm³/mol. The number of aliphatic hydroxyl groups is 2. The van der Waals surface area contributed by atoms with Crippen molar-refractivity contribution in [2.45, 2.75) is 89.9 Å². The number of fused-ring (bicyclic) bond motifs is 2. The molecule has 1 amide bonds. The van der Waals surface area contributed by atoms with E-state index in [0.29, 0.717) is 36.1 Å². The van der Waals surface area contributed by atoms with E-state index in [4.69, 9.17) is 15.5 Å². The van der Waals surface area contributed by atoms with Crippen molar-refractivity contribution in [3.05, 3.63) is 48.2 Å². The number of aromatic nitrogens is 5. The number of carbonyl (C=O) groups excluding carboxylic acids is 1. The van der Waals surface area contributed by atoms with Crippen LogP contribution in [-0.4, -0.2) is 76.4 Å². The Bertz CT molecular complexity index is 1510. The molecule has 0 spiro atoms. The van der Waals surface area contributed by atoms with Crippen molar-refractivity contribution in [1.29, 1.82) is 0 Å². The number of rotatable bonds is 8. The Balaban J connectivity index is 1.22. The number of nitrogens with two attached hydrogens (primary N) is 1. The van der Waals surface area contributed by atoms with Crippen molar-refractivity contribution in [3.8, 4) is 0 Å². The number of hydrogen-bond donors (Lipinski definition) is 4. The second-order valence-corrected chi connectivity index (χ2v) is 11.9. The van der Waals surface area contributed by atoms with Gasteiger partial charge >= 0.3 is 0 Å². The fraction of sp³-hybridized carbons (Fsp3) is 0.517.